The van der Waals surface area contributed by atoms with Crippen molar-refractivity contribution in [2.75, 3.05) is 0 Å². The summed E-state index contributed by atoms with van der Waals surface area (Å²) in [6.07, 6.45) is 2.72. The molecule has 0 bridgehead atoms. The predicted molar refractivity (Wildman–Crippen MR) is 136 cm³/mol. The van der Waals surface area contributed by atoms with Gasteiger partial charge in [-0.25, -0.2) is 4.98 Å². The van der Waals surface area contributed by atoms with Crippen LogP contribution in [0.3, 0.4) is 0 Å². The molecule has 0 radical (unpaired) electrons. The lowest BCUT2D eigenvalue weighted by Gasteiger charge is -2.14. The number of benzene rings is 3. The van der Waals surface area contributed by atoms with E-state index in [0.717, 1.165) is 45.5 Å². The van der Waals surface area contributed by atoms with Gasteiger partial charge in [0, 0.05) is 29.4 Å². The highest BCUT2D eigenvalue weighted by Gasteiger charge is 2.16. The van der Waals surface area contributed by atoms with Crippen LogP contribution in [0.15, 0.2) is 95.9 Å². The van der Waals surface area contributed by atoms with Crippen LogP contribution in [0.1, 0.15) is 18.1 Å². The minimum absolute atomic E-state index is 0.143. The van der Waals surface area contributed by atoms with Crippen LogP contribution in [0.2, 0.25) is 0 Å². The summed E-state index contributed by atoms with van der Waals surface area (Å²) < 4.78 is 0. The number of aryl methyl sites for hydroxylation is 1. The van der Waals surface area contributed by atoms with E-state index >= 15 is 0 Å². The molecule has 2 heterocycles. The molecule has 0 saturated carbocycles. The Balaban J connectivity index is 1.83. The molecule has 0 fully saturated rings. The number of nitrogens with zero attached hydrogens (tertiary/aromatic N) is 1. The monoisotopic (exact) mass is 431 g/mol. The quantitative estimate of drug-likeness (QED) is 0.361. The first-order chi connectivity index (χ1) is 16.2. The second kappa shape index (κ2) is 8.85. The van der Waals surface area contributed by atoms with Crippen LogP contribution in [-0.4, -0.2) is 9.97 Å². The maximum absolute atomic E-state index is 12.9. The van der Waals surface area contributed by atoms with Gasteiger partial charge in [-0.2, -0.15) is 0 Å². The van der Waals surface area contributed by atoms with Gasteiger partial charge in [0.05, 0.1) is 16.6 Å². The fraction of sp³-hybridized carbons (Fsp3) is 0.103. The van der Waals surface area contributed by atoms with Gasteiger partial charge >= 0.3 is 0 Å². The van der Waals surface area contributed by atoms with E-state index in [2.05, 4.69) is 36.2 Å². The van der Waals surface area contributed by atoms with Gasteiger partial charge in [-0.15, -0.1) is 0 Å². The third-order valence-corrected chi connectivity index (χ3v) is 6.06. The largest absolute Gasteiger partial charge is 0.328 e. The smallest absolute Gasteiger partial charge is 0.257 e. The molecule has 162 valence electrons. The van der Waals surface area contributed by atoms with Crippen molar-refractivity contribution in [2.45, 2.75) is 19.9 Å². The van der Waals surface area contributed by atoms with Crippen molar-refractivity contribution < 1.29 is 0 Å². The highest BCUT2D eigenvalue weighted by Crippen LogP contribution is 2.35. The van der Waals surface area contributed by atoms with Crippen molar-refractivity contribution in [3.05, 3.63) is 113 Å². The molecule has 0 atom stereocenters. The lowest BCUT2D eigenvalue weighted by atomic mass is 9.95. The van der Waals surface area contributed by atoms with Crippen LogP contribution >= 0.6 is 0 Å². The van der Waals surface area contributed by atoms with Crippen LogP contribution in [0.5, 0.6) is 0 Å². The molecule has 0 aliphatic heterocycles. The van der Waals surface area contributed by atoms with Crippen molar-refractivity contribution in [3.8, 4) is 33.5 Å². The number of hydrogen-bond donors (Lipinski definition) is 2. The number of hydrogen-bond acceptors (Lipinski definition) is 3. The average molecular weight is 432 g/mol. The first-order valence-corrected chi connectivity index (χ1v) is 11.2. The maximum Gasteiger partial charge on any atom is 0.257 e. The van der Waals surface area contributed by atoms with Gasteiger partial charge in [-0.3, -0.25) is 4.79 Å². The van der Waals surface area contributed by atoms with Crippen LogP contribution in [-0.2, 0) is 13.0 Å². The second-order valence-electron chi connectivity index (χ2n) is 8.13. The maximum atomic E-state index is 12.9. The third-order valence-electron chi connectivity index (χ3n) is 6.06. The molecule has 3 aromatic carbocycles. The summed E-state index contributed by atoms with van der Waals surface area (Å²) in [5.74, 6) is 0. The number of pyridine rings is 2. The number of aromatic nitrogens is 2. The normalized spacial score (nSPS) is 11.1. The first kappa shape index (κ1) is 20.9. The first-order valence-electron chi connectivity index (χ1n) is 11.2. The SMILES string of the molecule is CCc1cccc(-c2c[nH]c(=O)c3cc(-c4ccccc4)c(-c4ccc(CN)cc4)nc23)c1. The van der Waals surface area contributed by atoms with Crippen LogP contribution in [0, 0.1) is 0 Å². The van der Waals surface area contributed by atoms with Crippen molar-refractivity contribution in [3.63, 3.8) is 0 Å². The van der Waals surface area contributed by atoms with Gasteiger partial charge in [0.15, 0.2) is 0 Å². The van der Waals surface area contributed by atoms with Gasteiger partial charge in [0.25, 0.3) is 5.56 Å². The Labute approximate surface area is 192 Å². The van der Waals surface area contributed by atoms with Gasteiger partial charge in [-0.05, 0) is 34.7 Å². The van der Waals surface area contributed by atoms with Crippen molar-refractivity contribution in [1.82, 2.24) is 9.97 Å². The number of nitrogens with two attached hydrogens (primary N) is 1. The summed E-state index contributed by atoms with van der Waals surface area (Å²) in [6, 6.07) is 28.6. The summed E-state index contributed by atoms with van der Waals surface area (Å²) in [5, 5.41) is 0.579. The molecule has 4 nitrogen and oxygen atoms in total. The molecule has 0 saturated heterocycles. The molecule has 5 rings (SSSR count). The summed E-state index contributed by atoms with van der Waals surface area (Å²) in [7, 11) is 0. The van der Waals surface area contributed by atoms with Gasteiger partial charge in [-0.1, -0.05) is 85.8 Å². The summed E-state index contributed by atoms with van der Waals surface area (Å²) >= 11 is 0. The lowest BCUT2D eigenvalue weighted by molar-refractivity contribution is 1.07. The third kappa shape index (κ3) is 3.97. The molecule has 3 N–H and O–H groups in total. The Morgan fingerprint density at radius 3 is 2.27 bits per heavy atom. The molecule has 0 aliphatic rings. The van der Waals surface area contributed by atoms with E-state index < -0.39 is 0 Å². The molecular formula is C29H25N3O. The van der Waals surface area contributed by atoms with E-state index in [-0.39, 0.29) is 5.56 Å². The highest BCUT2D eigenvalue weighted by molar-refractivity contribution is 5.98. The van der Waals surface area contributed by atoms with Crippen molar-refractivity contribution in [2.24, 2.45) is 5.73 Å². The Morgan fingerprint density at radius 1 is 0.788 bits per heavy atom. The molecule has 4 heteroatoms. The predicted octanol–water partition coefficient (Wildman–Crippen LogP) is 5.95. The summed E-state index contributed by atoms with van der Waals surface area (Å²) in [6.45, 7) is 2.63. The zero-order valence-corrected chi connectivity index (χ0v) is 18.5. The Kier molecular flexibility index (Phi) is 5.59. The van der Waals surface area contributed by atoms with E-state index in [4.69, 9.17) is 10.7 Å². The Bertz CT molecular complexity index is 1490. The number of fused-ring (bicyclic) bond motifs is 1. The minimum atomic E-state index is -0.143. The summed E-state index contributed by atoms with van der Waals surface area (Å²) in [4.78, 5) is 20.9. The van der Waals surface area contributed by atoms with E-state index in [9.17, 15) is 4.79 Å². The van der Waals surface area contributed by atoms with E-state index in [1.807, 2.05) is 60.7 Å². The topological polar surface area (TPSA) is 71.8 Å². The Hall–Kier alpha value is -4.02. The number of nitrogens with one attached hydrogen (secondary N) is 1. The van der Waals surface area contributed by atoms with Gasteiger partial charge < -0.3 is 10.7 Å². The number of aromatic amines is 1. The zero-order chi connectivity index (χ0) is 22.8. The van der Waals surface area contributed by atoms with Crippen molar-refractivity contribution in [1.29, 1.82) is 0 Å². The molecule has 33 heavy (non-hydrogen) atoms. The van der Waals surface area contributed by atoms with E-state index in [1.54, 1.807) is 6.20 Å². The second-order valence-corrected chi connectivity index (χ2v) is 8.13. The standard InChI is InChI=1S/C29H25N3O/c1-2-19-7-6-10-23(15-19)26-18-31-29(33)25-16-24(21-8-4-3-5-9-21)27(32-28(25)26)22-13-11-20(17-30)12-14-22/h3-16,18H,2,17,30H2,1H3,(H,31,33). The zero-order valence-electron chi connectivity index (χ0n) is 18.5. The fourth-order valence-electron chi connectivity index (χ4n) is 4.21. The van der Waals surface area contributed by atoms with Crippen LogP contribution in [0.4, 0.5) is 0 Å². The van der Waals surface area contributed by atoms with E-state index in [1.165, 1.54) is 5.56 Å². The number of H-pyrrole nitrogens is 1. The molecule has 0 spiro atoms. The molecular weight excluding hydrogens is 406 g/mol. The highest BCUT2D eigenvalue weighted by atomic mass is 16.1. The number of rotatable bonds is 5. The van der Waals surface area contributed by atoms with Crippen molar-refractivity contribution >= 4 is 10.9 Å². The van der Waals surface area contributed by atoms with Gasteiger partial charge in [0.1, 0.15) is 0 Å². The molecule has 0 unspecified atom stereocenters. The lowest BCUT2D eigenvalue weighted by Crippen LogP contribution is -2.08. The van der Waals surface area contributed by atoms with Gasteiger partial charge in [0.2, 0.25) is 0 Å². The fourth-order valence-corrected chi connectivity index (χ4v) is 4.21. The van der Waals surface area contributed by atoms with Crippen LogP contribution in [0.25, 0.3) is 44.4 Å². The van der Waals surface area contributed by atoms with E-state index in [0.29, 0.717) is 17.4 Å². The summed E-state index contributed by atoms with van der Waals surface area (Å²) in [5.41, 5.74) is 14.4. The molecule has 0 amide bonds. The Morgan fingerprint density at radius 2 is 1.55 bits per heavy atom. The average Bonchev–Trinajstić information content (AvgIpc) is 2.89. The van der Waals surface area contributed by atoms with Crippen LogP contribution < -0.4 is 11.3 Å². The molecule has 2 aromatic heterocycles. The minimum Gasteiger partial charge on any atom is -0.328 e. The molecule has 5 aromatic rings. The molecule has 0 aliphatic carbocycles.